The molecule has 1 heterocycles. The Morgan fingerprint density at radius 1 is 1.46 bits per heavy atom. The van der Waals surface area contributed by atoms with E-state index in [2.05, 4.69) is 4.98 Å². The van der Waals surface area contributed by atoms with Gasteiger partial charge in [0.05, 0.1) is 0 Å². The molecule has 13 heavy (non-hydrogen) atoms. The Bertz CT molecular complexity index is 311. The number of pyridine rings is 1. The molecule has 0 amide bonds. The first kappa shape index (κ1) is 8.42. The van der Waals surface area contributed by atoms with Crippen LogP contribution in [-0.2, 0) is 0 Å². The predicted molar refractivity (Wildman–Crippen MR) is 50.8 cm³/mol. The molecule has 0 aromatic carbocycles. The van der Waals surface area contributed by atoms with Gasteiger partial charge in [0.25, 0.3) is 0 Å². The zero-order chi connectivity index (χ0) is 9.26. The molecule has 1 saturated carbocycles. The molecule has 1 aromatic rings. The van der Waals surface area contributed by atoms with Crippen molar-refractivity contribution in [1.29, 1.82) is 0 Å². The number of hydrogen-bond donors (Lipinski definition) is 0. The summed E-state index contributed by atoms with van der Waals surface area (Å²) in [5, 5.41) is 0. The Hall–Kier alpha value is -1.18. The number of carbonyl (C=O) groups excluding carboxylic acids is 1. The molecule has 0 bridgehead atoms. The van der Waals surface area contributed by atoms with Crippen molar-refractivity contribution >= 4 is 5.78 Å². The van der Waals surface area contributed by atoms with E-state index >= 15 is 0 Å². The number of Topliss-reactive ketones (excluding diaryl/α,β-unsaturated/α-hetero) is 1. The smallest absolute Gasteiger partial charge is 0.161 e. The summed E-state index contributed by atoms with van der Waals surface area (Å²) in [4.78, 5) is 15.3. The van der Waals surface area contributed by atoms with Crippen LogP contribution in [0.15, 0.2) is 18.3 Å². The van der Waals surface area contributed by atoms with Crippen molar-refractivity contribution in [3.05, 3.63) is 29.6 Å². The molecule has 0 N–H and O–H groups in total. The van der Waals surface area contributed by atoms with E-state index in [1.54, 1.807) is 13.1 Å². The molecule has 0 atom stereocenters. The van der Waals surface area contributed by atoms with Gasteiger partial charge >= 0.3 is 0 Å². The second kappa shape index (κ2) is 3.29. The van der Waals surface area contributed by atoms with Crippen molar-refractivity contribution in [3.8, 4) is 0 Å². The van der Waals surface area contributed by atoms with E-state index in [0.717, 1.165) is 5.69 Å². The van der Waals surface area contributed by atoms with Crippen molar-refractivity contribution in [2.45, 2.75) is 32.1 Å². The van der Waals surface area contributed by atoms with Crippen LogP contribution in [-0.4, -0.2) is 10.8 Å². The first-order valence-corrected chi connectivity index (χ1v) is 4.74. The molecule has 1 aliphatic rings. The van der Waals surface area contributed by atoms with Gasteiger partial charge in [0.2, 0.25) is 0 Å². The highest BCUT2D eigenvalue weighted by Gasteiger charge is 2.20. The second-order valence-electron chi connectivity index (χ2n) is 3.66. The van der Waals surface area contributed by atoms with E-state index in [4.69, 9.17) is 0 Å². The first-order valence-electron chi connectivity index (χ1n) is 4.74. The molecule has 68 valence electrons. The fourth-order valence-corrected chi connectivity index (χ4v) is 1.56. The topological polar surface area (TPSA) is 30.0 Å². The molecule has 0 spiro atoms. The summed E-state index contributed by atoms with van der Waals surface area (Å²) < 4.78 is 0. The fraction of sp³-hybridized carbons (Fsp3) is 0.455. The van der Waals surface area contributed by atoms with Crippen LogP contribution in [0.25, 0.3) is 0 Å². The highest BCUT2D eigenvalue weighted by atomic mass is 16.1. The number of rotatable bonds is 2. The van der Waals surface area contributed by atoms with Crippen molar-refractivity contribution in [1.82, 2.24) is 4.98 Å². The molecular weight excluding hydrogens is 162 g/mol. The van der Waals surface area contributed by atoms with Crippen LogP contribution in [0.5, 0.6) is 0 Å². The van der Waals surface area contributed by atoms with Gasteiger partial charge in [0, 0.05) is 23.4 Å². The minimum atomic E-state index is 0.0904. The number of carbonyl (C=O) groups is 1. The molecule has 2 rings (SSSR count). The van der Waals surface area contributed by atoms with Gasteiger partial charge in [-0.15, -0.1) is 0 Å². The monoisotopic (exact) mass is 175 g/mol. The molecule has 2 nitrogen and oxygen atoms in total. The number of aromatic nitrogens is 1. The first-order chi connectivity index (χ1) is 6.27. The molecule has 0 unspecified atom stereocenters. The molecule has 2 heteroatoms. The van der Waals surface area contributed by atoms with Gasteiger partial charge in [-0.3, -0.25) is 9.78 Å². The van der Waals surface area contributed by atoms with E-state index < -0.39 is 0 Å². The van der Waals surface area contributed by atoms with Crippen LogP contribution >= 0.6 is 0 Å². The van der Waals surface area contributed by atoms with Gasteiger partial charge in [0.15, 0.2) is 5.78 Å². The lowest BCUT2D eigenvalue weighted by molar-refractivity contribution is 0.101. The summed E-state index contributed by atoms with van der Waals surface area (Å²) in [5.41, 5.74) is 1.86. The van der Waals surface area contributed by atoms with Crippen molar-refractivity contribution in [2.24, 2.45) is 0 Å². The summed E-state index contributed by atoms with van der Waals surface area (Å²) in [6.45, 7) is 1.57. The SMILES string of the molecule is CC(=O)c1ccc(C2CCC2)nc1. The third-order valence-electron chi connectivity index (χ3n) is 2.72. The zero-order valence-electron chi connectivity index (χ0n) is 7.79. The molecule has 1 aromatic heterocycles. The highest BCUT2D eigenvalue weighted by molar-refractivity contribution is 5.93. The van der Waals surface area contributed by atoms with Gasteiger partial charge in [-0.25, -0.2) is 0 Å². The number of ketones is 1. The standard InChI is InChI=1S/C11H13NO/c1-8(13)10-5-6-11(12-7-10)9-3-2-4-9/h5-7,9H,2-4H2,1H3. The van der Waals surface area contributed by atoms with Gasteiger partial charge in [-0.2, -0.15) is 0 Å². The maximum atomic E-state index is 11.0. The average molecular weight is 175 g/mol. The van der Waals surface area contributed by atoms with Crippen molar-refractivity contribution in [2.75, 3.05) is 0 Å². The predicted octanol–water partition coefficient (Wildman–Crippen LogP) is 2.55. The lowest BCUT2D eigenvalue weighted by atomic mass is 9.82. The summed E-state index contributed by atoms with van der Waals surface area (Å²) in [6, 6.07) is 3.86. The normalized spacial score (nSPS) is 16.7. The third kappa shape index (κ3) is 1.62. The van der Waals surface area contributed by atoms with Crippen molar-refractivity contribution in [3.63, 3.8) is 0 Å². The van der Waals surface area contributed by atoms with E-state index in [1.165, 1.54) is 19.3 Å². The van der Waals surface area contributed by atoms with Gasteiger partial charge < -0.3 is 0 Å². The minimum Gasteiger partial charge on any atom is -0.294 e. The quantitative estimate of drug-likeness (QED) is 0.646. The Balaban J connectivity index is 2.17. The fourth-order valence-electron chi connectivity index (χ4n) is 1.56. The largest absolute Gasteiger partial charge is 0.294 e. The minimum absolute atomic E-state index is 0.0904. The maximum absolute atomic E-state index is 11.0. The molecule has 1 aliphatic carbocycles. The summed E-state index contributed by atoms with van der Waals surface area (Å²) in [5.74, 6) is 0.744. The Morgan fingerprint density at radius 3 is 2.62 bits per heavy atom. The van der Waals surface area contributed by atoms with Gasteiger partial charge in [0.1, 0.15) is 0 Å². The van der Waals surface area contributed by atoms with Crippen LogP contribution in [0.4, 0.5) is 0 Å². The van der Waals surface area contributed by atoms with Crippen LogP contribution in [0.3, 0.4) is 0 Å². The molecule has 1 fully saturated rings. The lowest BCUT2D eigenvalue weighted by Gasteiger charge is -2.24. The second-order valence-corrected chi connectivity index (χ2v) is 3.66. The lowest BCUT2D eigenvalue weighted by Crippen LogP contribution is -2.10. The van der Waals surface area contributed by atoms with Gasteiger partial charge in [-0.1, -0.05) is 6.42 Å². The zero-order valence-corrected chi connectivity index (χ0v) is 7.79. The van der Waals surface area contributed by atoms with Crippen LogP contribution < -0.4 is 0 Å². The number of nitrogens with zero attached hydrogens (tertiary/aromatic N) is 1. The van der Waals surface area contributed by atoms with Crippen molar-refractivity contribution < 1.29 is 4.79 Å². The maximum Gasteiger partial charge on any atom is 0.161 e. The van der Waals surface area contributed by atoms with Crippen LogP contribution in [0, 0.1) is 0 Å². The van der Waals surface area contributed by atoms with Gasteiger partial charge in [-0.05, 0) is 31.9 Å². The molecular formula is C11H13NO. The Labute approximate surface area is 78.0 Å². The van der Waals surface area contributed by atoms with E-state index in [1.807, 2.05) is 12.1 Å². The van der Waals surface area contributed by atoms with Crippen LogP contribution in [0.1, 0.15) is 48.2 Å². The Morgan fingerprint density at radius 2 is 2.23 bits per heavy atom. The third-order valence-corrected chi connectivity index (χ3v) is 2.72. The summed E-state index contributed by atoms with van der Waals surface area (Å²) >= 11 is 0. The summed E-state index contributed by atoms with van der Waals surface area (Å²) in [7, 11) is 0. The number of hydrogen-bond acceptors (Lipinski definition) is 2. The molecule has 0 radical (unpaired) electrons. The van der Waals surface area contributed by atoms with E-state index in [-0.39, 0.29) is 5.78 Å². The van der Waals surface area contributed by atoms with E-state index in [0.29, 0.717) is 11.5 Å². The molecule has 0 saturated heterocycles. The van der Waals surface area contributed by atoms with E-state index in [9.17, 15) is 4.79 Å². The highest BCUT2D eigenvalue weighted by Crippen LogP contribution is 2.34. The summed E-state index contributed by atoms with van der Waals surface area (Å²) in [6.07, 6.45) is 5.52. The van der Waals surface area contributed by atoms with Crippen LogP contribution in [0.2, 0.25) is 0 Å². The average Bonchev–Trinajstić information content (AvgIpc) is 2.02. The Kier molecular flexibility index (Phi) is 2.13. The molecule has 0 aliphatic heterocycles.